The third-order valence-electron chi connectivity index (χ3n) is 3.14. The number of carbonyl (C=O) groups is 1. The summed E-state index contributed by atoms with van der Waals surface area (Å²) in [4.78, 5) is 14.0. The fourth-order valence-electron chi connectivity index (χ4n) is 2.04. The lowest BCUT2D eigenvalue weighted by Gasteiger charge is -2.26. The Kier molecular flexibility index (Phi) is 5.82. The van der Waals surface area contributed by atoms with Crippen LogP contribution < -0.4 is 5.32 Å². The van der Waals surface area contributed by atoms with Gasteiger partial charge in [-0.15, -0.1) is 0 Å². The molecular weight excluding hydrogens is 308 g/mol. The fourth-order valence-corrected chi connectivity index (χ4v) is 2.31. The van der Waals surface area contributed by atoms with Crippen LogP contribution in [0, 0.1) is 0 Å². The van der Waals surface area contributed by atoms with Gasteiger partial charge in [0.05, 0.1) is 6.42 Å². The highest BCUT2D eigenvalue weighted by molar-refractivity contribution is 9.10. The van der Waals surface area contributed by atoms with Crippen LogP contribution in [0.15, 0.2) is 28.7 Å². The van der Waals surface area contributed by atoms with E-state index >= 15 is 0 Å². The average Bonchev–Trinajstić information content (AvgIpc) is 2.43. The Balaban J connectivity index is 1.65. The van der Waals surface area contributed by atoms with Gasteiger partial charge in [0.2, 0.25) is 0 Å². The van der Waals surface area contributed by atoms with Gasteiger partial charge in [0.25, 0.3) is 0 Å². The van der Waals surface area contributed by atoms with Gasteiger partial charge in [0.15, 0.2) is 0 Å². The minimum Gasteiger partial charge on any atom is -0.464 e. The number of esters is 1. The van der Waals surface area contributed by atoms with Gasteiger partial charge in [-0.2, -0.15) is 0 Å². The van der Waals surface area contributed by atoms with Crippen molar-refractivity contribution in [3.8, 4) is 0 Å². The molecule has 4 nitrogen and oxygen atoms in total. The Morgan fingerprint density at radius 1 is 1.26 bits per heavy atom. The summed E-state index contributed by atoms with van der Waals surface area (Å²) in [5.41, 5.74) is 0.982. The van der Waals surface area contributed by atoms with E-state index in [2.05, 4.69) is 26.1 Å². The highest BCUT2D eigenvalue weighted by Crippen LogP contribution is 2.11. The molecule has 104 valence electrons. The average molecular weight is 327 g/mol. The first kappa shape index (κ1) is 14.5. The number of piperazine rings is 1. The Morgan fingerprint density at radius 3 is 2.63 bits per heavy atom. The SMILES string of the molecule is O=C(Cc1ccc(Br)cc1)OCCN1CCNCC1. The Hall–Kier alpha value is -0.910. The Morgan fingerprint density at radius 2 is 1.95 bits per heavy atom. The van der Waals surface area contributed by atoms with Gasteiger partial charge in [0, 0.05) is 37.2 Å². The number of hydrogen-bond donors (Lipinski definition) is 1. The molecule has 0 unspecified atom stereocenters. The smallest absolute Gasteiger partial charge is 0.310 e. The lowest BCUT2D eigenvalue weighted by molar-refractivity contribution is -0.143. The molecule has 1 aliphatic rings. The lowest BCUT2D eigenvalue weighted by atomic mass is 10.2. The van der Waals surface area contributed by atoms with Crippen molar-refractivity contribution in [3.63, 3.8) is 0 Å². The van der Waals surface area contributed by atoms with Crippen molar-refractivity contribution in [1.82, 2.24) is 10.2 Å². The molecule has 1 aromatic rings. The molecule has 0 amide bonds. The number of halogens is 1. The van der Waals surface area contributed by atoms with Crippen molar-refractivity contribution in [3.05, 3.63) is 34.3 Å². The van der Waals surface area contributed by atoms with Crippen molar-refractivity contribution >= 4 is 21.9 Å². The van der Waals surface area contributed by atoms with Crippen LogP contribution in [0.2, 0.25) is 0 Å². The lowest BCUT2D eigenvalue weighted by Crippen LogP contribution is -2.44. The second kappa shape index (κ2) is 7.62. The predicted octanol–water partition coefficient (Wildman–Crippen LogP) is 1.44. The molecule has 0 saturated carbocycles. The summed E-state index contributed by atoms with van der Waals surface area (Å²) >= 11 is 3.37. The summed E-state index contributed by atoms with van der Waals surface area (Å²) < 4.78 is 6.28. The number of ether oxygens (including phenoxy) is 1. The number of hydrogen-bond acceptors (Lipinski definition) is 4. The quantitative estimate of drug-likeness (QED) is 0.831. The first-order chi connectivity index (χ1) is 9.24. The molecule has 0 spiro atoms. The minimum atomic E-state index is -0.155. The van der Waals surface area contributed by atoms with Crippen LogP contribution >= 0.6 is 15.9 Å². The highest BCUT2D eigenvalue weighted by Gasteiger charge is 2.10. The molecule has 0 aromatic heterocycles. The van der Waals surface area contributed by atoms with E-state index in [1.807, 2.05) is 24.3 Å². The topological polar surface area (TPSA) is 41.6 Å². The zero-order valence-corrected chi connectivity index (χ0v) is 12.5. The van der Waals surface area contributed by atoms with E-state index in [1.165, 1.54) is 0 Å². The summed E-state index contributed by atoms with van der Waals surface area (Å²) in [5.74, 6) is -0.155. The van der Waals surface area contributed by atoms with E-state index in [0.29, 0.717) is 13.0 Å². The molecule has 5 heteroatoms. The van der Waals surface area contributed by atoms with Gasteiger partial charge in [-0.1, -0.05) is 28.1 Å². The molecule has 1 fully saturated rings. The molecule has 1 aliphatic heterocycles. The van der Waals surface area contributed by atoms with Crippen molar-refractivity contribution in [2.24, 2.45) is 0 Å². The maximum Gasteiger partial charge on any atom is 0.310 e. The molecule has 1 saturated heterocycles. The van der Waals surface area contributed by atoms with E-state index in [4.69, 9.17) is 4.74 Å². The van der Waals surface area contributed by atoms with Gasteiger partial charge in [-0.05, 0) is 17.7 Å². The van der Waals surface area contributed by atoms with Crippen LogP contribution in [0.25, 0.3) is 0 Å². The molecule has 1 N–H and O–H groups in total. The summed E-state index contributed by atoms with van der Waals surface area (Å²) in [6.45, 7) is 5.41. The predicted molar refractivity (Wildman–Crippen MR) is 78.1 cm³/mol. The molecular formula is C14H19BrN2O2. The van der Waals surface area contributed by atoms with Gasteiger partial charge >= 0.3 is 5.97 Å². The van der Waals surface area contributed by atoms with Crippen LogP contribution in [0.1, 0.15) is 5.56 Å². The van der Waals surface area contributed by atoms with Crippen LogP contribution in [0.4, 0.5) is 0 Å². The summed E-state index contributed by atoms with van der Waals surface area (Å²) in [7, 11) is 0. The number of carbonyl (C=O) groups excluding carboxylic acids is 1. The summed E-state index contributed by atoms with van der Waals surface area (Å²) in [6.07, 6.45) is 0.342. The van der Waals surface area contributed by atoms with E-state index < -0.39 is 0 Å². The van der Waals surface area contributed by atoms with E-state index in [-0.39, 0.29) is 5.97 Å². The van der Waals surface area contributed by atoms with Crippen molar-refractivity contribution in [1.29, 1.82) is 0 Å². The van der Waals surface area contributed by atoms with E-state index in [1.54, 1.807) is 0 Å². The molecule has 1 heterocycles. The Labute approximate surface area is 122 Å². The highest BCUT2D eigenvalue weighted by atomic mass is 79.9. The van der Waals surface area contributed by atoms with Gasteiger partial charge < -0.3 is 10.1 Å². The van der Waals surface area contributed by atoms with Crippen molar-refractivity contribution < 1.29 is 9.53 Å². The maximum atomic E-state index is 11.7. The molecule has 0 bridgehead atoms. The third-order valence-corrected chi connectivity index (χ3v) is 3.67. The third kappa shape index (κ3) is 5.30. The number of rotatable bonds is 5. The second-order valence-electron chi connectivity index (χ2n) is 4.62. The van der Waals surface area contributed by atoms with E-state index in [0.717, 1.165) is 42.8 Å². The van der Waals surface area contributed by atoms with Crippen molar-refractivity contribution in [2.45, 2.75) is 6.42 Å². The molecule has 1 aromatic carbocycles. The number of nitrogens with one attached hydrogen (secondary N) is 1. The first-order valence-corrected chi connectivity index (χ1v) is 7.36. The molecule has 19 heavy (non-hydrogen) atoms. The zero-order chi connectivity index (χ0) is 13.5. The van der Waals surface area contributed by atoms with Crippen LogP contribution in [-0.2, 0) is 16.0 Å². The van der Waals surface area contributed by atoms with Crippen LogP contribution in [0.5, 0.6) is 0 Å². The second-order valence-corrected chi connectivity index (χ2v) is 5.53. The van der Waals surface area contributed by atoms with Crippen LogP contribution in [0.3, 0.4) is 0 Å². The zero-order valence-electron chi connectivity index (χ0n) is 10.9. The summed E-state index contributed by atoms with van der Waals surface area (Å²) in [6, 6.07) is 7.73. The fraction of sp³-hybridized carbons (Fsp3) is 0.500. The normalized spacial score (nSPS) is 16.3. The minimum absolute atomic E-state index is 0.155. The number of nitrogens with zero attached hydrogens (tertiary/aromatic N) is 1. The largest absolute Gasteiger partial charge is 0.464 e. The summed E-state index contributed by atoms with van der Waals surface area (Å²) in [5, 5.41) is 3.30. The molecule has 0 aliphatic carbocycles. The molecule has 0 atom stereocenters. The first-order valence-electron chi connectivity index (χ1n) is 6.57. The monoisotopic (exact) mass is 326 g/mol. The molecule has 2 rings (SSSR count). The number of benzene rings is 1. The van der Waals surface area contributed by atoms with Gasteiger partial charge in [-0.3, -0.25) is 9.69 Å². The van der Waals surface area contributed by atoms with Crippen molar-refractivity contribution in [2.75, 3.05) is 39.3 Å². The van der Waals surface area contributed by atoms with Crippen LogP contribution in [-0.4, -0.2) is 50.2 Å². The maximum absolute atomic E-state index is 11.7. The van der Waals surface area contributed by atoms with Gasteiger partial charge in [0.1, 0.15) is 6.61 Å². The standard InChI is InChI=1S/C14H19BrN2O2/c15-13-3-1-12(2-4-13)11-14(18)19-10-9-17-7-5-16-6-8-17/h1-4,16H,5-11H2. The van der Waals surface area contributed by atoms with E-state index in [9.17, 15) is 4.79 Å². The molecule has 0 radical (unpaired) electrons. The Bertz CT molecular complexity index is 402. The van der Waals surface area contributed by atoms with Gasteiger partial charge in [-0.25, -0.2) is 0 Å².